The molecule has 0 unspecified atom stereocenters. The summed E-state index contributed by atoms with van der Waals surface area (Å²) in [4.78, 5) is 12.0. The molecule has 0 aliphatic rings. The number of halogens is 1. The van der Waals surface area contributed by atoms with Gasteiger partial charge in [0.2, 0.25) is 0 Å². The van der Waals surface area contributed by atoms with Crippen LogP contribution in [0.2, 0.25) is 5.02 Å². The minimum Gasteiger partial charge on any atom is -0.329 e. The lowest BCUT2D eigenvalue weighted by Gasteiger charge is -2.17. The van der Waals surface area contributed by atoms with Crippen LogP contribution in [0.1, 0.15) is 31.1 Å². The fourth-order valence-electron chi connectivity index (χ4n) is 1.28. The second-order valence-electron chi connectivity index (χ2n) is 4.58. The molecule has 0 bridgehead atoms. The van der Waals surface area contributed by atoms with E-state index in [0.29, 0.717) is 10.6 Å². The maximum atomic E-state index is 12.0. The van der Waals surface area contributed by atoms with Gasteiger partial charge in [0.1, 0.15) is 0 Å². The molecule has 0 radical (unpaired) electrons. The molecule has 0 atom stereocenters. The van der Waals surface area contributed by atoms with Crippen LogP contribution in [0.3, 0.4) is 0 Å². The van der Waals surface area contributed by atoms with E-state index in [4.69, 9.17) is 11.6 Å². The second-order valence-corrected chi connectivity index (χ2v) is 5.60. The minimum atomic E-state index is -0.377. The van der Waals surface area contributed by atoms with E-state index in [1.165, 1.54) is 11.9 Å². The van der Waals surface area contributed by atoms with Crippen LogP contribution >= 0.6 is 23.5 Å². The van der Waals surface area contributed by atoms with Crippen molar-refractivity contribution in [1.82, 2.24) is 0 Å². The van der Waals surface area contributed by atoms with Crippen molar-refractivity contribution < 1.29 is 4.79 Å². The van der Waals surface area contributed by atoms with Gasteiger partial charge in [-0.2, -0.15) is 0 Å². The maximum Gasteiger partial charge on any atom is 0.168 e. The second kappa shape index (κ2) is 5.11. The number of anilines is 1. The van der Waals surface area contributed by atoms with Gasteiger partial charge in [0.15, 0.2) is 5.78 Å². The Morgan fingerprint density at radius 1 is 1.38 bits per heavy atom. The smallest absolute Gasteiger partial charge is 0.168 e. The zero-order valence-electron chi connectivity index (χ0n) is 9.93. The number of rotatable bonds is 3. The molecule has 88 valence electrons. The summed E-state index contributed by atoms with van der Waals surface area (Å²) in [6, 6.07) is 5.35. The number of carbonyl (C=O) groups excluding carboxylic acids is 1. The Morgan fingerprint density at radius 3 is 2.44 bits per heavy atom. The number of benzene rings is 1. The first-order valence-electron chi connectivity index (χ1n) is 4.99. The Hall–Kier alpha value is -0.670. The first-order chi connectivity index (χ1) is 7.36. The standard InChI is InChI=1S/C12H16ClNOS/c1-12(2,3)11(15)8-5-6-10(14-16-4)9(13)7-8/h5-7,14H,1-4H3. The van der Waals surface area contributed by atoms with E-state index >= 15 is 0 Å². The molecule has 0 heterocycles. The van der Waals surface area contributed by atoms with E-state index in [1.807, 2.05) is 33.1 Å². The van der Waals surface area contributed by atoms with Gasteiger partial charge in [0.05, 0.1) is 10.7 Å². The van der Waals surface area contributed by atoms with Gasteiger partial charge in [-0.15, -0.1) is 0 Å². The van der Waals surface area contributed by atoms with E-state index in [0.717, 1.165) is 5.69 Å². The van der Waals surface area contributed by atoms with Gasteiger partial charge in [-0.3, -0.25) is 4.79 Å². The van der Waals surface area contributed by atoms with Gasteiger partial charge in [0, 0.05) is 17.2 Å². The number of nitrogens with one attached hydrogen (secondary N) is 1. The lowest BCUT2D eigenvalue weighted by molar-refractivity contribution is 0.0858. The highest BCUT2D eigenvalue weighted by Crippen LogP contribution is 2.28. The average molecular weight is 258 g/mol. The summed E-state index contributed by atoms with van der Waals surface area (Å²) in [6.45, 7) is 5.70. The molecule has 1 N–H and O–H groups in total. The predicted octanol–water partition coefficient (Wildman–Crippen LogP) is 4.26. The highest BCUT2D eigenvalue weighted by molar-refractivity contribution is 7.99. The van der Waals surface area contributed by atoms with Gasteiger partial charge >= 0.3 is 0 Å². The molecule has 2 nitrogen and oxygen atoms in total. The van der Waals surface area contributed by atoms with Crippen LogP contribution in [-0.4, -0.2) is 12.0 Å². The van der Waals surface area contributed by atoms with Crippen molar-refractivity contribution in [1.29, 1.82) is 0 Å². The Balaban J connectivity index is 3.02. The third-order valence-corrected chi connectivity index (χ3v) is 2.86. The third-order valence-electron chi connectivity index (χ3n) is 2.12. The summed E-state index contributed by atoms with van der Waals surface area (Å²) in [5.74, 6) is 0.102. The van der Waals surface area contributed by atoms with Crippen molar-refractivity contribution in [3.63, 3.8) is 0 Å². The molecule has 0 saturated carbocycles. The van der Waals surface area contributed by atoms with Gasteiger partial charge in [-0.1, -0.05) is 44.3 Å². The summed E-state index contributed by atoms with van der Waals surface area (Å²) < 4.78 is 3.05. The van der Waals surface area contributed by atoms with Crippen LogP contribution in [0.15, 0.2) is 18.2 Å². The third kappa shape index (κ3) is 3.16. The molecule has 16 heavy (non-hydrogen) atoms. The Bertz CT molecular complexity index is 398. The van der Waals surface area contributed by atoms with Crippen LogP contribution < -0.4 is 4.72 Å². The molecule has 1 rings (SSSR count). The van der Waals surface area contributed by atoms with Crippen molar-refractivity contribution in [2.75, 3.05) is 11.0 Å². The highest BCUT2D eigenvalue weighted by Gasteiger charge is 2.23. The van der Waals surface area contributed by atoms with Gasteiger partial charge in [-0.05, 0) is 18.2 Å². The quantitative estimate of drug-likeness (QED) is 0.648. The molecule has 1 aromatic carbocycles. The molecule has 1 aromatic rings. The van der Waals surface area contributed by atoms with Crippen LogP contribution in [0, 0.1) is 5.41 Å². The first-order valence-corrected chi connectivity index (χ1v) is 6.60. The highest BCUT2D eigenvalue weighted by atomic mass is 35.5. The number of hydrogen-bond acceptors (Lipinski definition) is 3. The minimum absolute atomic E-state index is 0.102. The normalized spacial score (nSPS) is 11.3. The SMILES string of the molecule is CSNc1ccc(C(=O)C(C)(C)C)cc1Cl. The largest absolute Gasteiger partial charge is 0.329 e. The van der Waals surface area contributed by atoms with Crippen LogP contribution in [0.5, 0.6) is 0 Å². The van der Waals surface area contributed by atoms with Crippen molar-refractivity contribution in [2.45, 2.75) is 20.8 Å². The van der Waals surface area contributed by atoms with E-state index < -0.39 is 0 Å². The van der Waals surface area contributed by atoms with Gasteiger partial charge in [0.25, 0.3) is 0 Å². The van der Waals surface area contributed by atoms with E-state index in [9.17, 15) is 4.79 Å². The van der Waals surface area contributed by atoms with Crippen LogP contribution in [0.4, 0.5) is 5.69 Å². The van der Waals surface area contributed by atoms with Crippen molar-refractivity contribution >= 4 is 35.0 Å². The van der Waals surface area contributed by atoms with Gasteiger partial charge in [-0.25, -0.2) is 0 Å². The first kappa shape index (κ1) is 13.4. The Kier molecular flexibility index (Phi) is 4.28. The average Bonchev–Trinajstić information content (AvgIpc) is 2.19. The van der Waals surface area contributed by atoms with E-state index in [2.05, 4.69) is 4.72 Å². The molecule has 0 aliphatic carbocycles. The van der Waals surface area contributed by atoms with Crippen molar-refractivity contribution in [3.8, 4) is 0 Å². The molecule has 0 aliphatic heterocycles. The molecular formula is C12H16ClNOS. The summed E-state index contributed by atoms with van der Waals surface area (Å²) >= 11 is 7.54. The Morgan fingerprint density at radius 2 is 2.00 bits per heavy atom. The molecule has 4 heteroatoms. The topological polar surface area (TPSA) is 29.1 Å². The monoisotopic (exact) mass is 257 g/mol. The lowest BCUT2D eigenvalue weighted by Crippen LogP contribution is -2.20. The van der Waals surface area contributed by atoms with Gasteiger partial charge < -0.3 is 4.72 Å². The predicted molar refractivity (Wildman–Crippen MR) is 72.4 cm³/mol. The molecular weight excluding hydrogens is 242 g/mol. The maximum absolute atomic E-state index is 12.0. The lowest BCUT2D eigenvalue weighted by atomic mass is 9.86. The molecule has 0 saturated heterocycles. The van der Waals surface area contributed by atoms with E-state index in [-0.39, 0.29) is 11.2 Å². The fourth-order valence-corrected chi connectivity index (χ4v) is 1.96. The molecule has 0 fully saturated rings. The zero-order valence-corrected chi connectivity index (χ0v) is 11.5. The summed E-state index contributed by atoms with van der Waals surface area (Å²) in [7, 11) is 0. The van der Waals surface area contributed by atoms with Crippen LogP contribution in [0.25, 0.3) is 0 Å². The van der Waals surface area contributed by atoms with E-state index in [1.54, 1.807) is 12.1 Å². The summed E-state index contributed by atoms with van der Waals surface area (Å²) in [6.07, 6.45) is 1.92. The number of hydrogen-bond donors (Lipinski definition) is 1. The number of Topliss-reactive ketones (excluding diaryl/α,β-unsaturated/α-hetero) is 1. The molecule has 0 spiro atoms. The molecule has 0 aromatic heterocycles. The summed E-state index contributed by atoms with van der Waals surface area (Å²) in [5, 5.41) is 0.574. The number of carbonyl (C=O) groups is 1. The fraction of sp³-hybridized carbons (Fsp3) is 0.417. The van der Waals surface area contributed by atoms with Crippen LogP contribution in [-0.2, 0) is 0 Å². The number of ketones is 1. The van der Waals surface area contributed by atoms with Crippen molar-refractivity contribution in [2.24, 2.45) is 5.41 Å². The summed E-state index contributed by atoms with van der Waals surface area (Å²) in [5.41, 5.74) is 1.11. The Labute approximate surface area is 106 Å². The molecule has 0 amide bonds. The zero-order chi connectivity index (χ0) is 12.3. The van der Waals surface area contributed by atoms with Crippen molar-refractivity contribution in [3.05, 3.63) is 28.8 Å².